The lowest BCUT2D eigenvalue weighted by atomic mass is 10.3. The smallest absolute Gasteiger partial charge is 0.247 e. The van der Waals surface area contributed by atoms with Gasteiger partial charge in [0.25, 0.3) is 0 Å². The number of hydrogen-bond donors (Lipinski definition) is 0. The van der Waals surface area contributed by atoms with Gasteiger partial charge in [-0.15, -0.1) is 10.2 Å². The Hall–Kier alpha value is -1.93. The average Bonchev–Trinajstić information content (AvgIpc) is 3.05. The van der Waals surface area contributed by atoms with Crippen LogP contribution in [-0.4, -0.2) is 33.9 Å². The molecule has 1 aromatic heterocycles. The van der Waals surface area contributed by atoms with E-state index in [2.05, 4.69) is 10.2 Å². The summed E-state index contributed by atoms with van der Waals surface area (Å²) in [6.45, 7) is 4.33. The Morgan fingerprint density at radius 1 is 1.30 bits per heavy atom. The second-order valence-electron chi connectivity index (χ2n) is 4.89. The quantitative estimate of drug-likeness (QED) is 0.773. The molecule has 1 aliphatic heterocycles. The number of aromatic nitrogens is 2. The SMILES string of the molecule is CCOc1ccc(N2C(=O)CC(Sc3nnc(C)s3)C2=O)cc1. The summed E-state index contributed by atoms with van der Waals surface area (Å²) in [6, 6.07) is 6.97. The van der Waals surface area contributed by atoms with E-state index in [1.165, 1.54) is 28.0 Å². The Balaban J connectivity index is 1.75. The van der Waals surface area contributed by atoms with Gasteiger partial charge in [0, 0.05) is 6.42 Å². The predicted octanol–water partition coefficient (Wildman–Crippen LogP) is 2.67. The molecule has 0 bridgehead atoms. The Morgan fingerprint density at radius 3 is 2.65 bits per heavy atom. The minimum absolute atomic E-state index is 0.176. The third-order valence-corrected chi connectivity index (χ3v) is 5.37. The lowest BCUT2D eigenvalue weighted by Gasteiger charge is -2.15. The number of thioether (sulfide) groups is 1. The Labute approximate surface area is 141 Å². The normalized spacial score (nSPS) is 17.8. The first kappa shape index (κ1) is 15.9. The molecule has 0 radical (unpaired) electrons. The van der Waals surface area contributed by atoms with Crippen LogP contribution in [0.1, 0.15) is 18.4 Å². The highest BCUT2D eigenvalue weighted by Crippen LogP contribution is 2.35. The fourth-order valence-corrected chi connectivity index (χ4v) is 4.36. The van der Waals surface area contributed by atoms with Gasteiger partial charge in [0.1, 0.15) is 16.0 Å². The maximum absolute atomic E-state index is 12.5. The molecule has 0 aliphatic carbocycles. The van der Waals surface area contributed by atoms with Crippen molar-refractivity contribution in [1.29, 1.82) is 0 Å². The summed E-state index contributed by atoms with van der Waals surface area (Å²) in [6.07, 6.45) is 0.176. The zero-order chi connectivity index (χ0) is 16.4. The lowest BCUT2D eigenvalue weighted by molar-refractivity contribution is -0.121. The first-order valence-electron chi connectivity index (χ1n) is 7.15. The molecule has 1 fully saturated rings. The molecule has 0 spiro atoms. The van der Waals surface area contributed by atoms with Gasteiger partial charge < -0.3 is 4.74 Å². The summed E-state index contributed by atoms with van der Waals surface area (Å²) < 4.78 is 6.08. The van der Waals surface area contributed by atoms with Crippen molar-refractivity contribution in [1.82, 2.24) is 10.2 Å². The number of carbonyl (C=O) groups is 2. The van der Waals surface area contributed by atoms with E-state index in [1.54, 1.807) is 24.3 Å². The van der Waals surface area contributed by atoms with Gasteiger partial charge in [-0.2, -0.15) is 0 Å². The summed E-state index contributed by atoms with van der Waals surface area (Å²) >= 11 is 2.73. The molecule has 1 aliphatic rings. The number of amides is 2. The fourth-order valence-electron chi connectivity index (χ4n) is 2.27. The van der Waals surface area contributed by atoms with Crippen LogP contribution in [0.2, 0.25) is 0 Å². The number of aryl methyl sites for hydroxylation is 1. The largest absolute Gasteiger partial charge is 0.494 e. The van der Waals surface area contributed by atoms with Gasteiger partial charge in [0.2, 0.25) is 11.8 Å². The van der Waals surface area contributed by atoms with E-state index in [1.807, 2.05) is 13.8 Å². The molecule has 120 valence electrons. The van der Waals surface area contributed by atoms with E-state index in [-0.39, 0.29) is 18.2 Å². The van der Waals surface area contributed by atoms with Gasteiger partial charge >= 0.3 is 0 Å². The minimum atomic E-state index is -0.443. The molecule has 6 nitrogen and oxygen atoms in total. The fraction of sp³-hybridized carbons (Fsp3) is 0.333. The third kappa shape index (κ3) is 3.37. The first-order valence-corrected chi connectivity index (χ1v) is 8.84. The number of nitrogens with zero attached hydrogens (tertiary/aromatic N) is 3. The number of anilines is 1. The van der Waals surface area contributed by atoms with Crippen LogP contribution in [0.4, 0.5) is 5.69 Å². The highest BCUT2D eigenvalue weighted by molar-refractivity contribution is 8.02. The molecular formula is C15H15N3O3S2. The van der Waals surface area contributed by atoms with E-state index in [4.69, 9.17) is 4.74 Å². The number of benzene rings is 1. The molecule has 2 amide bonds. The van der Waals surface area contributed by atoms with Crippen LogP contribution < -0.4 is 9.64 Å². The number of rotatable bonds is 5. The van der Waals surface area contributed by atoms with Crippen LogP contribution in [0.3, 0.4) is 0 Å². The summed E-state index contributed by atoms with van der Waals surface area (Å²) in [4.78, 5) is 26.0. The molecule has 8 heteroatoms. The van der Waals surface area contributed by atoms with Crippen LogP contribution in [0.15, 0.2) is 28.6 Å². The lowest BCUT2D eigenvalue weighted by Crippen LogP contribution is -2.31. The number of ether oxygens (including phenoxy) is 1. The van der Waals surface area contributed by atoms with E-state index >= 15 is 0 Å². The van der Waals surface area contributed by atoms with Crippen molar-refractivity contribution in [3.8, 4) is 5.75 Å². The van der Waals surface area contributed by atoms with Gasteiger partial charge in [-0.3, -0.25) is 9.59 Å². The Kier molecular flexibility index (Phi) is 4.63. The summed E-state index contributed by atoms with van der Waals surface area (Å²) in [5.41, 5.74) is 0.569. The number of hydrogen-bond acceptors (Lipinski definition) is 7. The van der Waals surface area contributed by atoms with Crippen molar-refractivity contribution in [3.63, 3.8) is 0 Å². The monoisotopic (exact) mass is 349 g/mol. The molecule has 1 unspecified atom stereocenters. The molecule has 1 saturated heterocycles. The van der Waals surface area contributed by atoms with Crippen LogP contribution in [0.25, 0.3) is 0 Å². The maximum atomic E-state index is 12.5. The molecule has 0 saturated carbocycles. The van der Waals surface area contributed by atoms with Crippen molar-refractivity contribution in [2.75, 3.05) is 11.5 Å². The van der Waals surface area contributed by atoms with Crippen molar-refractivity contribution < 1.29 is 14.3 Å². The minimum Gasteiger partial charge on any atom is -0.494 e. The van der Waals surface area contributed by atoms with Crippen LogP contribution in [0, 0.1) is 6.92 Å². The molecule has 1 atom stereocenters. The second kappa shape index (κ2) is 6.67. The number of carbonyl (C=O) groups excluding carboxylic acids is 2. The summed E-state index contributed by atoms with van der Waals surface area (Å²) in [5.74, 6) is 0.306. The molecular weight excluding hydrogens is 334 g/mol. The second-order valence-corrected chi connectivity index (χ2v) is 7.52. The molecule has 1 aromatic carbocycles. The van der Waals surface area contributed by atoms with Crippen molar-refractivity contribution >= 4 is 40.6 Å². The van der Waals surface area contributed by atoms with Crippen molar-refractivity contribution in [2.45, 2.75) is 29.9 Å². The third-order valence-electron chi connectivity index (χ3n) is 3.26. The molecule has 2 aromatic rings. The van der Waals surface area contributed by atoms with E-state index in [9.17, 15) is 9.59 Å². The average molecular weight is 349 g/mol. The van der Waals surface area contributed by atoms with Crippen molar-refractivity contribution in [3.05, 3.63) is 29.3 Å². The predicted molar refractivity (Wildman–Crippen MR) is 89.0 cm³/mol. The zero-order valence-electron chi connectivity index (χ0n) is 12.7. The van der Waals surface area contributed by atoms with Gasteiger partial charge in [0.05, 0.1) is 12.3 Å². The van der Waals surface area contributed by atoms with Crippen LogP contribution in [-0.2, 0) is 9.59 Å². The van der Waals surface area contributed by atoms with Gasteiger partial charge in [-0.05, 0) is 38.1 Å². The highest BCUT2D eigenvalue weighted by Gasteiger charge is 2.40. The highest BCUT2D eigenvalue weighted by atomic mass is 32.2. The van der Waals surface area contributed by atoms with Gasteiger partial charge in [-0.25, -0.2) is 4.90 Å². The van der Waals surface area contributed by atoms with Gasteiger partial charge in [-0.1, -0.05) is 23.1 Å². The first-order chi connectivity index (χ1) is 11.1. The van der Waals surface area contributed by atoms with Crippen LogP contribution >= 0.6 is 23.1 Å². The van der Waals surface area contributed by atoms with E-state index in [0.717, 1.165) is 5.01 Å². The number of imide groups is 1. The molecule has 23 heavy (non-hydrogen) atoms. The summed E-state index contributed by atoms with van der Waals surface area (Å²) in [5, 5.41) is 8.33. The van der Waals surface area contributed by atoms with Gasteiger partial charge in [0.15, 0.2) is 4.34 Å². The van der Waals surface area contributed by atoms with E-state index < -0.39 is 5.25 Å². The maximum Gasteiger partial charge on any atom is 0.247 e. The topological polar surface area (TPSA) is 72.4 Å². The zero-order valence-corrected chi connectivity index (χ0v) is 14.3. The Morgan fingerprint density at radius 2 is 2.04 bits per heavy atom. The molecule has 0 N–H and O–H groups in total. The Bertz CT molecular complexity index is 730. The molecule has 2 heterocycles. The molecule has 3 rings (SSSR count). The van der Waals surface area contributed by atoms with Crippen LogP contribution in [0.5, 0.6) is 5.75 Å². The standard InChI is InChI=1S/C15H15N3O3S2/c1-3-21-11-6-4-10(5-7-11)18-13(19)8-12(14(18)20)23-15-17-16-9(2)22-15/h4-7,12H,3,8H2,1-2H3. The van der Waals surface area contributed by atoms with Crippen molar-refractivity contribution in [2.24, 2.45) is 0 Å². The summed E-state index contributed by atoms with van der Waals surface area (Å²) in [7, 11) is 0. The van der Waals surface area contributed by atoms with E-state index in [0.29, 0.717) is 22.4 Å².